The number of likely N-dealkylation sites (N-methyl/N-ethyl adjacent to an activating group) is 1. The number of anilines is 1. The highest BCUT2D eigenvalue weighted by molar-refractivity contribution is 7.86. The van der Waals surface area contributed by atoms with Gasteiger partial charge in [-0.25, -0.2) is 9.19 Å². The molecule has 1 aliphatic carbocycles. The van der Waals surface area contributed by atoms with Crippen LogP contribution in [0.15, 0.2) is 53.4 Å². The van der Waals surface area contributed by atoms with Crippen LogP contribution in [0.1, 0.15) is 56.0 Å². The molecule has 0 radical (unpaired) electrons. The summed E-state index contributed by atoms with van der Waals surface area (Å²) in [5.74, 6) is 0.766. The molecule has 2 aromatic carbocycles. The third-order valence-corrected chi connectivity index (χ3v) is 10.4. The van der Waals surface area contributed by atoms with Crippen molar-refractivity contribution in [2.75, 3.05) is 44.6 Å². The first-order valence-corrected chi connectivity index (χ1v) is 17.4. The van der Waals surface area contributed by atoms with Crippen LogP contribution in [0.4, 0.5) is 5.95 Å². The Morgan fingerprint density at radius 2 is 1.72 bits per heavy atom. The van der Waals surface area contributed by atoms with Crippen LogP contribution in [-0.2, 0) is 15.8 Å². The number of nitrogens with zero attached hydrogens (tertiary/aromatic N) is 5. The maximum atomic E-state index is 14.4. The summed E-state index contributed by atoms with van der Waals surface area (Å²) in [4.78, 5) is 43.7. The Kier molecular flexibility index (Phi) is 10.6. The van der Waals surface area contributed by atoms with E-state index in [1.54, 1.807) is 24.3 Å². The fraction of sp³-hybridized carbons (Fsp3) is 0.486. The lowest BCUT2D eigenvalue weighted by molar-refractivity contribution is -0.142. The van der Waals surface area contributed by atoms with Gasteiger partial charge in [0.2, 0.25) is 17.7 Å². The van der Waals surface area contributed by atoms with Crippen molar-refractivity contribution in [3.8, 4) is 17.1 Å². The van der Waals surface area contributed by atoms with E-state index in [9.17, 15) is 13.8 Å². The van der Waals surface area contributed by atoms with E-state index < -0.39 is 11.0 Å². The van der Waals surface area contributed by atoms with Crippen molar-refractivity contribution in [2.45, 2.75) is 63.9 Å². The molecule has 3 aromatic rings. The van der Waals surface area contributed by atoms with Crippen LogP contribution in [0, 0.1) is 25.7 Å². The van der Waals surface area contributed by atoms with Gasteiger partial charge in [-0.3, -0.25) is 14.3 Å². The van der Waals surface area contributed by atoms with Crippen LogP contribution in [0.2, 0.25) is 0 Å². The molecule has 3 N–H and O–H groups in total. The lowest BCUT2D eigenvalue weighted by Gasteiger charge is -2.47. The van der Waals surface area contributed by atoms with E-state index >= 15 is 0 Å². The van der Waals surface area contributed by atoms with Gasteiger partial charge in [-0.05, 0) is 75.4 Å². The Morgan fingerprint density at radius 3 is 2.40 bits per heavy atom. The van der Waals surface area contributed by atoms with E-state index in [1.807, 2.05) is 47.9 Å². The first-order chi connectivity index (χ1) is 22.1. The fourth-order valence-electron chi connectivity index (χ4n) is 6.85. The zero-order chi connectivity index (χ0) is 32.5. The molecule has 2 fully saturated rings. The van der Waals surface area contributed by atoms with Crippen LogP contribution in [0.5, 0.6) is 5.88 Å². The molecule has 2 amide bonds. The number of piperazine rings is 1. The molecule has 3 heterocycles. The number of ether oxygens (including phenoxy) is 1. The zero-order valence-corrected chi connectivity index (χ0v) is 28.7. The second-order valence-corrected chi connectivity index (χ2v) is 14.6. The zero-order valence-electron chi connectivity index (χ0n) is 27.9. The number of hydrogen-bond acceptors (Lipinski definition) is 7. The van der Waals surface area contributed by atoms with Crippen LogP contribution >= 0.6 is 0 Å². The molecular formula is C35H48N6O5S. The average Bonchev–Trinajstić information content (AvgIpc) is 3.00. The molecule has 1 unspecified atom stereocenters. The highest BCUT2D eigenvalue weighted by Gasteiger charge is 2.44. The Hall–Kier alpha value is -3.87. The summed E-state index contributed by atoms with van der Waals surface area (Å²) in [5, 5.41) is 0. The number of aromatic nitrogens is 2. The number of benzene rings is 2. The molecule has 3 aliphatic rings. The molecular weight excluding hydrogens is 616 g/mol. The van der Waals surface area contributed by atoms with E-state index in [0.29, 0.717) is 41.3 Å². The predicted octanol–water partition coefficient (Wildman–Crippen LogP) is 4.12. The summed E-state index contributed by atoms with van der Waals surface area (Å²) in [6.45, 7) is 11.8. The number of hydrogen-bond donors (Lipinski definition) is 1. The number of carbonyl (C=O) groups excluding carboxylic acids is 2. The highest BCUT2D eigenvalue weighted by Crippen LogP contribution is 2.37. The topological polar surface area (TPSA) is 139 Å². The van der Waals surface area contributed by atoms with Gasteiger partial charge in [-0.15, -0.1) is 0 Å². The largest absolute Gasteiger partial charge is 0.475 e. The molecule has 4 bridgehead atoms. The van der Waals surface area contributed by atoms with E-state index in [2.05, 4.69) is 35.5 Å². The third kappa shape index (κ3) is 7.50. The first kappa shape index (κ1) is 34.5. The average molecular weight is 665 g/mol. The molecule has 6 rings (SSSR count). The lowest BCUT2D eigenvalue weighted by atomic mass is 9.77. The number of nitrogens with one attached hydrogen (secondary N) is 1. The summed E-state index contributed by atoms with van der Waals surface area (Å²) in [5.41, 5.74) is 4.21. The number of fused-ring (bicyclic) bond motifs is 4. The van der Waals surface area contributed by atoms with Crippen molar-refractivity contribution < 1.29 is 25.4 Å². The summed E-state index contributed by atoms with van der Waals surface area (Å²) >= 11 is 0. The van der Waals surface area contributed by atoms with Crippen LogP contribution in [-0.4, -0.2) is 98.1 Å². The molecule has 2 atom stereocenters. The number of carbonyl (C=O) groups is 2. The quantitative estimate of drug-likeness (QED) is 0.433. The van der Waals surface area contributed by atoms with E-state index in [1.165, 1.54) is 0 Å². The molecule has 1 aromatic heterocycles. The first-order valence-electron chi connectivity index (χ1n) is 16.2. The predicted molar refractivity (Wildman–Crippen MR) is 185 cm³/mol. The lowest BCUT2D eigenvalue weighted by Crippen LogP contribution is -2.58. The Labute approximate surface area is 281 Å². The molecule has 2 aliphatic heterocycles. The van der Waals surface area contributed by atoms with Gasteiger partial charge in [0, 0.05) is 56.8 Å². The van der Waals surface area contributed by atoms with Crippen molar-refractivity contribution >= 4 is 28.7 Å². The molecule has 1 saturated carbocycles. The Morgan fingerprint density at radius 1 is 1.04 bits per heavy atom. The summed E-state index contributed by atoms with van der Waals surface area (Å²) < 4.78 is 22.9. The molecule has 254 valence electrons. The maximum absolute atomic E-state index is 14.4. The van der Waals surface area contributed by atoms with E-state index in [0.717, 1.165) is 42.9 Å². The summed E-state index contributed by atoms with van der Waals surface area (Å²) in [6.07, 6.45) is 1.95. The van der Waals surface area contributed by atoms with Crippen molar-refractivity contribution in [3.05, 3.63) is 65.2 Å². The van der Waals surface area contributed by atoms with Gasteiger partial charge < -0.3 is 24.9 Å². The Balaban J connectivity index is 0.00000260. The number of amides is 2. The minimum absolute atomic E-state index is 0. The monoisotopic (exact) mass is 664 g/mol. The number of aryl methyl sites for hydroxylation is 2. The SMILES string of the molecule is Cc1cccc(C)c1-c1cc2nc(n1)NS(=O)c1cccc(c1)C(=O)N(C1CC(C(=O)N3CCN(C)CC3)C1)[C@H](CC(C)C)CO2.O.[HH]. The van der Waals surface area contributed by atoms with Gasteiger partial charge >= 0.3 is 0 Å². The molecule has 11 nitrogen and oxygen atoms in total. The smallest absolute Gasteiger partial charge is 0.254 e. The summed E-state index contributed by atoms with van der Waals surface area (Å²) in [6, 6.07) is 14.5. The molecule has 47 heavy (non-hydrogen) atoms. The van der Waals surface area contributed by atoms with Gasteiger partial charge in [0.25, 0.3) is 5.91 Å². The number of rotatable bonds is 5. The van der Waals surface area contributed by atoms with Gasteiger partial charge in [0.05, 0.1) is 16.6 Å². The normalized spacial score (nSPS) is 23.3. The fourth-order valence-corrected chi connectivity index (χ4v) is 7.66. The van der Waals surface area contributed by atoms with Gasteiger partial charge in [0.15, 0.2) is 11.0 Å². The second-order valence-electron chi connectivity index (χ2n) is 13.3. The van der Waals surface area contributed by atoms with Crippen LogP contribution in [0.25, 0.3) is 11.3 Å². The Bertz CT molecular complexity index is 1620. The minimum Gasteiger partial charge on any atom is -0.475 e. The van der Waals surface area contributed by atoms with Crippen molar-refractivity contribution in [1.82, 2.24) is 24.7 Å². The molecule has 1 saturated heterocycles. The molecule has 12 heteroatoms. The second kappa shape index (κ2) is 14.5. The standard InChI is InChI=1S/C35H44N6O4S.H2O.H2/c1-22(2)16-28-21-45-31-20-30(32-23(3)8-6-9-24(32)4)36-35(37-31)38-46(44)29-11-7-10-25(19-29)34(43)41(28)27-17-26(18-27)33(42)40-14-12-39(5)13-15-40;;/h6-11,19-20,22,26-28H,12-18,21H2,1-5H3,(H,36,37,38);1H2;1H/t26?,27?,28-,46?;;/m1../s1. The van der Waals surface area contributed by atoms with E-state index in [-0.39, 0.29) is 55.2 Å². The maximum Gasteiger partial charge on any atom is 0.254 e. The third-order valence-electron chi connectivity index (χ3n) is 9.38. The molecule has 0 spiro atoms. The minimum atomic E-state index is -1.73. The van der Waals surface area contributed by atoms with E-state index in [4.69, 9.17) is 9.72 Å². The van der Waals surface area contributed by atoms with Crippen LogP contribution in [0.3, 0.4) is 0 Å². The van der Waals surface area contributed by atoms with Gasteiger partial charge in [-0.2, -0.15) is 4.98 Å². The van der Waals surface area contributed by atoms with Crippen molar-refractivity contribution in [1.29, 1.82) is 0 Å². The van der Waals surface area contributed by atoms with Gasteiger partial charge in [-0.1, -0.05) is 38.1 Å². The van der Waals surface area contributed by atoms with Crippen molar-refractivity contribution in [3.63, 3.8) is 0 Å². The van der Waals surface area contributed by atoms with Crippen LogP contribution < -0.4 is 9.46 Å². The highest BCUT2D eigenvalue weighted by atomic mass is 32.2. The van der Waals surface area contributed by atoms with Gasteiger partial charge in [0.1, 0.15) is 6.61 Å². The summed E-state index contributed by atoms with van der Waals surface area (Å²) in [7, 11) is 0.351. The van der Waals surface area contributed by atoms with Crippen molar-refractivity contribution in [2.24, 2.45) is 11.8 Å².